The first-order valence-electron chi connectivity index (χ1n) is 9.58. The van der Waals surface area contributed by atoms with Crippen LogP contribution in [0.25, 0.3) is 0 Å². The zero-order chi connectivity index (χ0) is 16.5. The molecule has 2 fully saturated rings. The summed E-state index contributed by atoms with van der Waals surface area (Å²) in [7, 11) is 0. The van der Waals surface area contributed by atoms with Crippen molar-refractivity contribution in [3.63, 3.8) is 0 Å². The molecule has 0 amide bonds. The van der Waals surface area contributed by atoms with Gasteiger partial charge < -0.3 is 4.90 Å². The minimum absolute atomic E-state index is 0.337. The summed E-state index contributed by atoms with van der Waals surface area (Å²) in [6.07, 6.45) is 5.53. The molecule has 0 aliphatic carbocycles. The molecule has 0 saturated carbocycles. The van der Waals surface area contributed by atoms with Gasteiger partial charge in [0.25, 0.3) is 0 Å². The Morgan fingerprint density at radius 2 is 1.68 bits per heavy atom. The third kappa shape index (κ3) is 4.47. The maximum Gasteiger partial charge on any atom is 0.0125 e. The van der Waals surface area contributed by atoms with Crippen LogP contribution >= 0.6 is 0 Å². The number of hydrogen-bond donors (Lipinski definition) is 0. The van der Waals surface area contributed by atoms with E-state index in [1.54, 1.807) is 0 Å². The normalized spacial score (nSPS) is 30.1. The van der Waals surface area contributed by atoms with E-state index in [1.807, 2.05) is 0 Å². The molecule has 0 radical (unpaired) electrons. The summed E-state index contributed by atoms with van der Waals surface area (Å²) in [4.78, 5) is 5.40. The Balaban J connectivity index is 1.81. The lowest BCUT2D eigenvalue weighted by Gasteiger charge is -2.36. The van der Waals surface area contributed by atoms with Gasteiger partial charge >= 0.3 is 0 Å². The fourth-order valence-electron chi connectivity index (χ4n) is 4.34. The number of rotatable bonds is 5. The monoisotopic (exact) mass is 308 g/mol. The third-order valence-electron chi connectivity index (χ3n) is 6.53. The Morgan fingerprint density at radius 3 is 2.18 bits per heavy atom. The second-order valence-corrected chi connectivity index (χ2v) is 9.87. The zero-order valence-electron chi connectivity index (χ0n) is 16.3. The van der Waals surface area contributed by atoms with Crippen LogP contribution in [0.1, 0.15) is 74.1 Å². The molecule has 2 saturated heterocycles. The van der Waals surface area contributed by atoms with Crippen LogP contribution in [-0.2, 0) is 0 Å². The first-order valence-corrected chi connectivity index (χ1v) is 9.58. The van der Waals surface area contributed by atoms with Crippen molar-refractivity contribution in [2.45, 2.75) is 85.7 Å². The van der Waals surface area contributed by atoms with Crippen LogP contribution in [0.2, 0.25) is 0 Å². The highest BCUT2D eigenvalue weighted by Crippen LogP contribution is 2.40. The highest BCUT2D eigenvalue weighted by molar-refractivity contribution is 4.91. The van der Waals surface area contributed by atoms with Gasteiger partial charge in [-0.3, -0.25) is 4.90 Å². The van der Waals surface area contributed by atoms with Crippen LogP contribution in [0.4, 0.5) is 0 Å². The van der Waals surface area contributed by atoms with Crippen molar-refractivity contribution in [3.8, 4) is 0 Å². The van der Waals surface area contributed by atoms with E-state index in [2.05, 4.69) is 58.3 Å². The third-order valence-corrected chi connectivity index (χ3v) is 6.53. The maximum absolute atomic E-state index is 2.72. The van der Waals surface area contributed by atoms with Gasteiger partial charge in [0.15, 0.2) is 0 Å². The van der Waals surface area contributed by atoms with Crippen molar-refractivity contribution < 1.29 is 0 Å². The summed E-state index contributed by atoms with van der Waals surface area (Å²) in [5.41, 5.74) is 0.823. The van der Waals surface area contributed by atoms with Crippen LogP contribution < -0.4 is 0 Å². The first-order chi connectivity index (χ1) is 10.1. The van der Waals surface area contributed by atoms with E-state index >= 15 is 0 Å². The van der Waals surface area contributed by atoms with Crippen molar-refractivity contribution in [1.82, 2.24) is 9.80 Å². The van der Waals surface area contributed by atoms with Crippen molar-refractivity contribution >= 4 is 0 Å². The molecule has 2 heteroatoms. The van der Waals surface area contributed by atoms with Gasteiger partial charge in [0.05, 0.1) is 0 Å². The molecule has 0 spiro atoms. The summed E-state index contributed by atoms with van der Waals surface area (Å²) in [5, 5.41) is 0. The number of likely N-dealkylation sites (tertiary alicyclic amines) is 2. The lowest BCUT2D eigenvalue weighted by atomic mass is 9.74. The topological polar surface area (TPSA) is 6.48 Å². The van der Waals surface area contributed by atoms with Gasteiger partial charge in [0.1, 0.15) is 0 Å². The minimum Gasteiger partial charge on any atom is -0.300 e. The van der Waals surface area contributed by atoms with Crippen LogP contribution in [0.15, 0.2) is 0 Å². The maximum atomic E-state index is 2.72. The molecule has 2 nitrogen and oxygen atoms in total. The molecule has 2 heterocycles. The molecule has 0 bridgehead atoms. The predicted octanol–water partition coefficient (Wildman–Crippen LogP) is 4.64. The summed E-state index contributed by atoms with van der Waals surface area (Å²) >= 11 is 0. The van der Waals surface area contributed by atoms with Gasteiger partial charge in [-0.2, -0.15) is 0 Å². The molecule has 2 aliphatic rings. The number of hydrogen-bond acceptors (Lipinski definition) is 2. The summed E-state index contributed by atoms with van der Waals surface area (Å²) in [6.45, 7) is 22.2. The molecule has 0 aromatic heterocycles. The fraction of sp³-hybridized carbons (Fsp3) is 1.00. The van der Waals surface area contributed by atoms with Crippen LogP contribution in [0, 0.1) is 17.3 Å². The Morgan fingerprint density at radius 1 is 1.00 bits per heavy atom. The molecule has 3 atom stereocenters. The standard InChI is InChI=1S/C20H40N2/c1-16-9-12-21(14-16)17(2)8-11-20(6,7)18-10-13-22(15-18)19(3,4)5/h16-18H,8-15H2,1-7H3/t16-,17?,18+/m1/s1. The van der Waals surface area contributed by atoms with Crippen molar-refractivity contribution in [2.24, 2.45) is 17.3 Å². The van der Waals surface area contributed by atoms with Gasteiger partial charge in [-0.1, -0.05) is 20.8 Å². The van der Waals surface area contributed by atoms with Crippen LogP contribution in [0.5, 0.6) is 0 Å². The Hall–Kier alpha value is -0.0800. The Bertz CT molecular complexity index is 355. The molecule has 130 valence electrons. The second-order valence-electron chi connectivity index (χ2n) is 9.87. The highest BCUT2D eigenvalue weighted by Gasteiger charge is 2.38. The van der Waals surface area contributed by atoms with Crippen LogP contribution in [-0.4, -0.2) is 47.6 Å². The summed E-state index contributed by atoms with van der Waals surface area (Å²) in [5.74, 6) is 1.78. The zero-order valence-corrected chi connectivity index (χ0v) is 16.3. The Labute approximate surface area is 139 Å². The van der Waals surface area contributed by atoms with E-state index in [9.17, 15) is 0 Å². The van der Waals surface area contributed by atoms with Gasteiger partial charge in [-0.05, 0) is 83.7 Å². The lowest BCUT2D eigenvalue weighted by molar-refractivity contribution is 0.127. The average Bonchev–Trinajstić information content (AvgIpc) is 3.04. The van der Waals surface area contributed by atoms with Gasteiger partial charge in [0.2, 0.25) is 0 Å². The summed E-state index contributed by atoms with van der Waals surface area (Å²) in [6, 6.07) is 0.768. The van der Waals surface area contributed by atoms with Crippen LogP contribution in [0.3, 0.4) is 0 Å². The smallest absolute Gasteiger partial charge is 0.0125 e. The van der Waals surface area contributed by atoms with E-state index in [0.29, 0.717) is 11.0 Å². The molecule has 1 unspecified atom stereocenters. The van der Waals surface area contributed by atoms with Gasteiger partial charge in [-0.25, -0.2) is 0 Å². The molecular formula is C20H40N2. The predicted molar refractivity (Wildman–Crippen MR) is 97.3 cm³/mol. The molecule has 0 aromatic rings. The minimum atomic E-state index is 0.337. The molecule has 0 aromatic carbocycles. The SMILES string of the molecule is CC(CCC(C)(C)[C@H]1CCN(C(C)(C)C)C1)N1CC[C@@H](C)C1. The van der Waals surface area contributed by atoms with E-state index < -0.39 is 0 Å². The average molecular weight is 309 g/mol. The van der Waals surface area contributed by atoms with E-state index in [0.717, 1.165) is 17.9 Å². The second kappa shape index (κ2) is 6.81. The summed E-state index contributed by atoms with van der Waals surface area (Å²) < 4.78 is 0. The van der Waals surface area contributed by atoms with E-state index in [-0.39, 0.29) is 0 Å². The fourth-order valence-corrected chi connectivity index (χ4v) is 4.34. The van der Waals surface area contributed by atoms with Gasteiger partial charge in [-0.15, -0.1) is 0 Å². The number of nitrogens with zero attached hydrogens (tertiary/aromatic N) is 2. The van der Waals surface area contributed by atoms with Crippen molar-refractivity contribution in [3.05, 3.63) is 0 Å². The molecule has 2 aliphatic heterocycles. The van der Waals surface area contributed by atoms with Crippen molar-refractivity contribution in [1.29, 1.82) is 0 Å². The first kappa shape index (κ1) is 18.3. The largest absolute Gasteiger partial charge is 0.300 e. The van der Waals surface area contributed by atoms with Crippen molar-refractivity contribution in [2.75, 3.05) is 26.2 Å². The Kier molecular flexibility index (Phi) is 5.65. The molecule has 0 N–H and O–H groups in total. The van der Waals surface area contributed by atoms with E-state index in [4.69, 9.17) is 0 Å². The highest BCUT2D eigenvalue weighted by atomic mass is 15.2. The van der Waals surface area contributed by atoms with Gasteiger partial charge in [0, 0.05) is 24.7 Å². The molecule has 22 heavy (non-hydrogen) atoms. The quantitative estimate of drug-likeness (QED) is 0.730. The van der Waals surface area contributed by atoms with E-state index in [1.165, 1.54) is 51.9 Å². The lowest BCUT2D eigenvalue weighted by Crippen LogP contribution is -2.40. The molecule has 2 rings (SSSR count). The molecular weight excluding hydrogens is 268 g/mol.